The van der Waals surface area contributed by atoms with E-state index in [1.54, 1.807) is 0 Å². The number of nitrogens with one attached hydrogen (secondary N) is 1. The van der Waals surface area contributed by atoms with Crippen LogP contribution in [-0.2, 0) is 6.42 Å². The highest BCUT2D eigenvalue weighted by Gasteiger charge is 1.89. The Morgan fingerprint density at radius 2 is 2.14 bits per heavy atom. The molecule has 0 bridgehead atoms. The largest absolute Gasteiger partial charge is 0.306 e. The fraction of sp³-hybridized carbons (Fsp3) is 0.385. The second-order valence-electron chi connectivity index (χ2n) is 3.14. The summed E-state index contributed by atoms with van der Waals surface area (Å²) in [5.41, 5.74) is 2.46. The van der Waals surface area contributed by atoms with Gasteiger partial charge in [-0.05, 0) is 30.7 Å². The molecule has 1 aromatic carbocycles. The molecule has 1 N–H and O–H groups in total. The molecule has 0 aliphatic heterocycles. The zero-order chi connectivity index (χ0) is 10.2. The van der Waals surface area contributed by atoms with E-state index >= 15 is 0 Å². The number of hydrogen-bond acceptors (Lipinski definition) is 1. The number of aryl methyl sites for hydroxylation is 1. The van der Waals surface area contributed by atoms with Gasteiger partial charge in [-0.1, -0.05) is 37.8 Å². The van der Waals surface area contributed by atoms with E-state index in [-0.39, 0.29) is 0 Å². The van der Waals surface area contributed by atoms with Gasteiger partial charge in [0.1, 0.15) is 0 Å². The van der Waals surface area contributed by atoms with Gasteiger partial charge in [-0.15, -0.1) is 0 Å². The highest BCUT2D eigenvalue weighted by Crippen LogP contribution is 2.03. The summed E-state index contributed by atoms with van der Waals surface area (Å²) in [4.78, 5) is 0. The van der Waals surface area contributed by atoms with Crippen molar-refractivity contribution in [3.63, 3.8) is 0 Å². The SMILES string of the molecule is CCNCC#Cc1cccc(CC)c1. The van der Waals surface area contributed by atoms with E-state index in [2.05, 4.69) is 55.3 Å². The van der Waals surface area contributed by atoms with E-state index in [0.29, 0.717) is 0 Å². The summed E-state index contributed by atoms with van der Waals surface area (Å²) in [7, 11) is 0. The minimum atomic E-state index is 0.771. The quantitative estimate of drug-likeness (QED) is 0.565. The molecule has 1 nitrogen and oxygen atoms in total. The first-order chi connectivity index (χ1) is 6.86. The van der Waals surface area contributed by atoms with Crippen LogP contribution in [0.3, 0.4) is 0 Å². The van der Waals surface area contributed by atoms with Crippen molar-refractivity contribution in [1.82, 2.24) is 5.32 Å². The second-order valence-corrected chi connectivity index (χ2v) is 3.14. The van der Waals surface area contributed by atoms with Gasteiger partial charge in [0.15, 0.2) is 0 Å². The molecule has 0 fully saturated rings. The maximum atomic E-state index is 3.17. The second kappa shape index (κ2) is 6.23. The Hall–Kier alpha value is -1.26. The molecule has 14 heavy (non-hydrogen) atoms. The van der Waals surface area contributed by atoms with Crippen molar-refractivity contribution in [2.75, 3.05) is 13.1 Å². The molecule has 0 atom stereocenters. The summed E-state index contributed by atoms with van der Waals surface area (Å²) in [6.45, 7) is 5.99. The number of benzene rings is 1. The topological polar surface area (TPSA) is 12.0 Å². The Morgan fingerprint density at radius 1 is 1.29 bits per heavy atom. The molecule has 0 aliphatic rings. The molecular weight excluding hydrogens is 170 g/mol. The van der Waals surface area contributed by atoms with Gasteiger partial charge in [0.2, 0.25) is 0 Å². The van der Waals surface area contributed by atoms with Gasteiger partial charge < -0.3 is 5.32 Å². The molecule has 0 saturated carbocycles. The van der Waals surface area contributed by atoms with Gasteiger partial charge >= 0.3 is 0 Å². The third-order valence-electron chi connectivity index (χ3n) is 2.03. The molecule has 1 aromatic rings. The van der Waals surface area contributed by atoms with Crippen LogP contribution in [0.1, 0.15) is 25.0 Å². The highest BCUT2D eigenvalue weighted by molar-refractivity contribution is 5.37. The number of hydrogen-bond donors (Lipinski definition) is 1. The lowest BCUT2D eigenvalue weighted by atomic mass is 10.1. The van der Waals surface area contributed by atoms with Crippen LogP contribution in [-0.4, -0.2) is 13.1 Å². The molecule has 0 spiro atoms. The summed E-state index contributed by atoms with van der Waals surface area (Å²) in [5, 5.41) is 3.17. The monoisotopic (exact) mass is 187 g/mol. The average molecular weight is 187 g/mol. The van der Waals surface area contributed by atoms with Gasteiger partial charge in [-0.3, -0.25) is 0 Å². The van der Waals surface area contributed by atoms with E-state index in [1.165, 1.54) is 5.56 Å². The standard InChI is InChI=1S/C13H17N/c1-3-12-7-5-8-13(11-12)9-6-10-14-4-2/h5,7-8,11,14H,3-4,10H2,1-2H3. The first-order valence-electron chi connectivity index (χ1n) is 5.15. The first-order valence-corrected chi connectivity index (χ1v) is 5.15. The fourth-order valence-corrected chi connectivity index (χ4v) is 1.20. The summed E-state index contributed by atoms with van der Waals surface area (Å²) < 4.78 is 0. The van der Waals surface area contributed by atoms with Crippen LogP contribution in [0.2, 0.25) is 0 Å². The van der Waals surface area contributed by atoms with Gasteiger partial charge in [0.25, 0.3) is 0 Å². The summed E-state index contributed by atoms with van der Waals surface area (Å²) in [6.07, 6.45) is 1.07. The lowest BCUT2D eigenvalue weighted by molar-refractivity contribution is 0.811. The predicted molar refractivity (Wildman–Crippen MR) is 61.2 cm³/mol. The van der Waals surface area contributed by atoms with Crippen molar-refractivity contribution in [2.24, 2.45) is 0 Å². The third kappa shape index (κ3) is 3.64. The Balaban J connectivity index is 2.60. The van der Waals surface area contributed by atoms with Crippen LogP contribution in [0, 0.1) is 11.8 Å². The molecule has 0 heterocycles. The first kappa shape index (κ1) is 10.8. The van der Waals surface area contributed by atoms with Crippen molar-refractivity contribution >= 4 is 0 Å². The average Bonchev–Trinajstić information content (AvgIpc) is 2.25. The molecule has 0 radical (unpaired) electrons. The summed E-state index contributed by atoms with van der Waals surface area (Å²) in [6, 6.07) is 8.41. The lowest BCUT2D eigenvalue weighted by Gasteiger charge is -1.96. The zero-order valence-electron chi connectivity index (χ0n) is 8.93. The van der Waals surface area contributed by atoms with Crippen molar-refractivity contribution in [1.29, 1.82) is 0 Å². The molecule has 1 heteroatoms. The van der Waals surface area contributed by atoms with E-state index in [1.807, 2.05) is 0 Å². The summed E-state index contributed by atoms with van der Waals surface area (Å²) >= 11 is 0. The molecule has 0 saturated heterocycles. The van der Waals surface area contributed by atoms with E-state index in [0.717, 1.165) is 25.1 Å². The van der Waals surface area contributed by atoms with E-state index in [4.69, 9.17) is 0 Å². The van der Waals surface area contributed by atoms with Crippen LogP contribution in [0.5, 0.6) is 0 Å². The third-order valence-corrected chi connectivity index (χ3v) is 2.03. The number of rotatable bonds is 3. The van der Waals surface area contributed by atoms with Crippen molar-refractivity contribution < 1.29 is 0 Å². The zero-order valence-corrected chi connectivity index (χ0v) is 8.93. The Kier molecular flexibility index (Phi) is 4.82. The maximum absolute atomic E-state index is 3.17. The highest BCUT2D eigenvalue weighted by atomic mass is 14.8. The van der Waals surface area contributed by atoms with Gasteiger partial charge in [0, 0.05) is 5.56 Å². The predicted octanol–water partition coefficient (Wildman–Crippen LogP) is 2.21. The van der Waals surface area contributed by atoms with Crippen LogP contribution in [0.25, 0.3) is 0 Å². The molecule has 74 valence electrons. The Bertz CT molecular complexity index is 331. The van der Waals surface area contributed by atoms with Crippen LogP contribution < -0.4 is 5.32 Å². The normalized spacial score (nSPS) is 9.29. The molecular formula is C13H17N. The smallest absolute Gasteiger partial charge is 0.0580 e. The Labute approximate surface area is 86.5 Å². The fourth-order valence-electron chi connectivity index (χ4n) is 1.20. The minimum absolute atomic E-state index is 0.771. The van der Waals surface area contributed by atoms with Crippen LogP contribution >= 0.6 is 0 Å². The van der Waals surface area contributed by atoms with Crippen molar-refractivity contribution in [2.45, 2.75) is 20.3 Å². The van der Waals surface area contributed by atoms with E-state index in [9.17, 15) is 0 Å². The van der Waals surface area contributed by atoms with Gasteiger partial charge in [-0.25, -0.2) is 0 Å². The molecule has 0 aromatic heterocycles. The van der Waals surface area contributed by atoms with Gasteiger partial charge in [-0.2, -0.15) is 0 Å². The van der Waals surface area contributed by atoms with E-state index < -0.39 is 0 Å². The Morgan fingerprint density at radius 3 is 2.86 bits per heavy atom. The molecule has 0 unspecified atom stereocenters. The summed E-state index contributed by atoms with van der Waals surface area (Å²) in [5.74, 6) is 6.23. The maximum Gasteiger partial charge on any atom is 0.0580 e. The van der Waals surface area contributed by atoms with Crippen molar-refractivity contribution in [3.05, 3.63) is 35.4 Å². The molecule has 0 aliphatic carbocycles. The minimum Gasteiger partial charge on any atom is -0.306 e. The van der Waals surface area contributed by atoms with Crippen LogP contribution in [0.4, 0.5) is 0 Å². The van der Waals surface area contributed by atoms with Crippen molar-refractivity contribution in [3.8, 4) is 11.8 Å². The molecule has 0 amide bonds. The molecule has 1 rings (SSSR count). The van der Waals surface area contributed by atoms with Gasteiger partial charge in [0.05, 0.1) is 6.54 Å². The van der Waals surface area contributed by atoms with Crippen LogP contribution in [0.15, 0.2) is 24.3 Å². The lowest BCUT2D eigenvalue weighted by Crippen LogP contribution is -2.11.